The molecule has 3 aromatic rings. The Morgan fingerprint density at radius 3 is 2.47 bits per heavy atom. The number of hydrogen-bond acceptors (Lipinski definition) is 3. The van der Waals surface area contributed by atoms with Gasteiger partial charge < -0.3 is 0 Å². The highest BCUT2D eigenvalue weighted by Gasteiger charge is 2.15. The van der Waals surface area contributed by atoms with Crippen LogP contribution in [0.3, 0.4) is 0 Å². The first-order chi connectivity index (χ1) is 15.6. The maximum Gasteiger partial charge on any atom is 0.0750 e. The second-order valence-electron chi connectivity index (χ2n) is 8.01. The van der Waals surface area contributed by atoms with E-state index in [2.05, 4.69) is 103 Å². The standard InChI is InChI=1S/C29H27N3/c1-21-9-6-12-24(17-21)29(32-27-15-5-4-10-22(27)2)19-28(30-3)25-13-7-11-23(18-25)26-14-8-16-31-20-26/h4-20,22,27H,3H2,1-2H3/b28-19-,32-29+. The predicted molar refractivity (Wildman–Crippen MR) is 136 cm³/mol. The van der Waals surface area contributed by atoms with Crippen molar-refractivity contribution < 1.29 is 0 Å². The number of nitrogens with zero attached hydrogens (tertiary/aromatic N) is 3. The van der Waals surface area contributed by atoms with Crippen molar-refractivity contribution >= 4 is 18.1 Å². The van der Waals surface area contributed by atoms with Gasteiger partial charge in [0.1, 0.15) is 0 Å². The van der Waals surface area contributed by atoms with Crippen molar-refractivity contribution in [2.75, 3.05) is 0 Å². The third kappa shape index (κ3) is 5.06. The second-order valence-corrected chi connectivity index (χ2v) is 8.01. The Morgan fingerprint density at radius 1 is 0.938 bits per heavy atom. The highest BCUT2D eigenvalue weighted by atomic mass is 14.8. The van der Waals surface area contributed by atoms with Gasteiger partial charge in [0, 0.05) is 35.0 Å². The largest absolute Gasteiger partial charge is 0.277 e. The fourth-order valence-corrected chi connectivity index (χ4v) is 3.77. The van der Waals surface area contributed by atoms with Gasteiger partial charge in [0.05, 0.1) is 17.5 Å². The Balaban J connectivity index is 1.78. The molecule has 0 fully saturated rings. The van der Waals surface area contributed by atoms with Crippen LogP contribution in [0.4, 0.5) is 0 Å². The lowest BCUT2D eigenvalue weighted by Gasteiger charge is -2.18. The Kier molecular flexibility index (Phi) is 6.66. The first kappa shape index (κ1) is 21.4. The minimum absolute atomic E-state index is 0.0829. The topological polar surface area (TPSA) is 37.6 Å². The van der Waals surface area contributed by atoms with E-state index in [0.717, 1.165) is 33.7 Å². The molecule has 1 heterocycles. The van der Waals surface area contributed by atoms with Crippen LogP contribution in [-0.2, 0) is 0 Å². The number of hydrogen-bond donors (Lipinski definition) is 0. The third-order valence-electron chi connectivity index (χ3n) is 5.57. The number of allylic oxidation sites excluding steroid dienone is 3. The summed E-state index contributed by atoms with van der Waals surface area (Å²) < 4.78 is 0. The van der Waals surface area contributed by atoms with Crippen molar-refractivity contribution in [1.82, 2.24) is 4.98 Å². The van der Waals surface area contributed by atoms with Gasteiger partial charge in [-0.05, 0) is 43.5 Å². The van der Waals surface area contributed by atoms with E-state index in [1.165, 1.54) is 5.56 Å². The molecule has 0 saturated carbocycles. The van der Waals surface area contributed by atoms with Crippen LogP contribution in [0.5, 0.6) is 0 Å². The molecule has 1 aromatic heterocycles. The minimum atomic E-state index is 0.0829. The second kappa shape index (κ2) is 9.97. The Bertz CT molecular complexity index is 1220. The molecule has 0 N–H and O–H groups in total. The molecule has 2 atom stereocenters. The van der Waals surface area contributed by atoms with E-state index in [9.17, 15) is 0 Å². The van der Waals surface area contributed by atoms with Gasteiger partial charge in [-0.25, -0.2) is 0 Å². The normalized spacial score (nSPS) is 18.6. The van der Waals surface area contributed by atoms with Crippen molar-refractivity contribution in [3.05, 3.63) is 120 Å². The zero-order chi connectivity index (χ0) is 22.3. The molecule has 0 aliphatic heterocycles. The summed E-state index contributed by atoms with van der Waals surface area (Å²) in [6, 6.07) is 20.8. The first-order valence-corrected chi connectivity index (χ1v) is 10.8. The highest BCUT2D eigenvalue weighted by molar-refractivity contribution is 6.12. The number of benzene rings is 2. The highest BCUT2D eigenvalue weighted by Crippen LogP contribution is 2.25. The average molecular weight is 418 g/mol. The van der Waals surface area contributed by atoms with Crippen LogP contribution in [0.2, 0.25) is 0 Å². The summed E-state index contributed by atoms with van der Waals surface area (Å²) in [5.41, 5.74) is 7.12. The molecule has 0 saturated heterocycles. The Labute approximate surface area is 190 Å². The summed E-state index contributed by atoms with van der Waals surface area (Å²) in [7, 11) is 0. The molecule has 3 nitrogen and oxygen atoms in total. The van der Waals surface area contributed by atoms with Gasteiger partial charge in [0.15, 0.2) is 0 Å². The predicted octanol–water partition coefficient (Wildman–Crippen LogP) is 6.72. The van der Waals surface area contributed by atoms with Gasteiger partial charge in [-0.3, -0.25) is 15.0 Å². The molecule has 4 rings (SSSR count). The molecule has 1 aliphatic rings. The number of aryl methyl sites for hydroxylation is 1. The quantitative estimate of drug-likeness (QED) is 0.410. The first-order valence-electron chi connectivity index (χ1n) is 10.8. The smallest absolute Gasteiger partial charge is 0.0750 e. The van der Waals surface area contributed by atoms with Crippen LogP contribution in [0.25, 0.3) is 16.8 Å². The maximum atomic E-state index is 5.13. The van der Waals surface area contributed by atoms with E-state index >= 15 is 0 Å². The lowest BCUT2D eigenvalue weighted by Crippen LogP contribution is -2.16. The molecular weight excluding hydrogens is 390 g/mol. The SMILES string of the molecule is C=N/C(=C\C(=N/C1C=CC=CC1C)c1cccc(C)c1)c1cccc(-c2cccnc2)c1. The molecule has 32 heavy (non-hydrogen) atoms. The van der Waals surface area contributed by atoms with E-state index in [0.29, 0.717) is 5.92 Å². The molecule has 3 heteroatoms. The lowest BCUT2D eigenvalue weighted by molar-refractivity contribution is 0.628. The Hall–Kier alpha value is -3.85. The van der Waals surface area contributed by atoms with Gasteiger partial charge in [-0.15, -0.1) is 0 Å². The van der Waals surface area contributed by atoms with Crippen LogP contribution in [0.15, 0.2) is 113 Å². The van der Waals surface area contributed by atoms with Gasteiger partial charge >= 0.3 is 0 Å². The van der Waals surface area contributed by atoms with Crippen LogP contribution >= 0.6 is 0 Å². The van der Waals surface area contributed by atoms with Crippen LogP contribution in [0, 0.1) is 12.8 Å². The summed E-state index contributed by atoms with van der Waals surface area (Å²) in [6.07, 6.45) is 14.2. The summed E-state index contributed by atoms with van der Waals surface area (Å²) >= 11 is 0. The van der Waals surface area contributed by atoms with Gasteiger partial charge in [0.25, 0.3) is 0 Å². The molecule has 2 unspecified atom stereocenters. The molecule has 158 valence electrons. The zero-order valence-corrected chi connectivity index (χ0v) is 18.5. The third-order valence-corrected chi connectivity index (χ3v) is 5.57. The van der Waals surface area contributed by atoms with Crippen molar-refractivity contribution in [1.29, 1.82) is 0 Å². The van der Waals surface area contributed by atoms with E-state index in [1.54, 1.807) is 6.20 Å². The molecule has 0 bridgehead atoms. The van der Waals surface area contributed by atoms with E-state index in [4.69, 9.17) is 4.99 Å². The van der Waals surface area contributed by atoms with Crippen LogP contribution in [-0.4, -0.2) is 23.5 Å². The van der Waals surface area contributed by atoms with Gasteiger partial charge in [-0.2, -0.15) is 0 Å². The van der Waals surface area contributed by atoms with Crippen molar-refractivity contribution in [2.24, 2.45) is 15.9 Å². The maximum absolute atomic E-state index is 5.13. The summed E-state index contributed by atoms with van der Waals surface area (Å²) in [5.74, 6) is 0.335. The molecule has 0 spiro atoms. The van der Waals surface area contributed by atoms with E-state index in [1.807, 2.05) is 24.4 Å². The fourth-order valence-electron chi connectivity index (χ4n) is 3.77. The minimum Gasteiger partial charge on any atom is -0.277 e. The monoisotopic (exact) mass is 417 g/mol. The van der Waals surface area contributed by atoms with Crippen LogP contribution < -0.4 is 0 Å². The van der Waals surface area contributed by atoms with E-state index in [-0.39, 0.29) is 6.04 Å². The van der Waals surface area contributed by atoms with Crippen molar-refractivity contribution in [3.8, 4) is 11.1 Å². The molecule has 2 aromatic carbocycles. The van der Waals surface area contributed by atoms with Crippen LogP contribution in [0.1, 0.15) is 23.6 Å². The molecular formula is C29H27N3. The average Bonchev–Trinajstić information content (AvgIpc) is 2.83. The van der Waals surface area contributed by atoms with Gasteiger partial charge in [-0.1, -0.05) is 79.3 Å². The summed E-state index contributed by atoms with van der Waals surface area (Å²) in [5, 5.41) is 0. The van der Waals surface area contributed by atoms with Crippen molar-refractivity contribution in [2.45, 2.75) is 19.9 Å². The van der Waals surface area contributed by atoms with E-state index < -0.39 is 0 Å². The summed E-state index contributed by atoms with van der Waals surface area (Å²) in [6.45, 7) is 8.14. The Morgan fingerprint density at radius 2 is 1.72 bits per heavy atom. The molecule has 1 aliphatic carbocycles. The molecule has 0 radical (unpaired) electrons. The number of aromatic nitrogens is 1. The van der Waals surface area contributed by atoms with Crippen molar-refractivity contribution in [3.63, 3.8) is 0 Å². The number of aliphatic imine (C=N–C) groups is 2. The lowest BCUT2D eigenvalue weighted by atomic mass is 9.96. The molecule has 0 amide bonds. The number of rotatable bonds is 6. The number of pyridine rings is 1. The zero-order valence-electron chi connectivity index (χ0n) is 18.5. The summed E-state index contributed by atoms with van der Waals surface area (Å²) in [4.78, 5) is 13.7. The fraction of sp³-hybridized carbons (Fsp3) is 0.138. The van der Waals surface area contributed by atoms with Gasteiger partial charge in [0.2, 0.25) is 0 Å².